The first-order valence-corrected chi connectivity index (χ1v) is 7.22. The summed E-state index contributed by atoms with van der Waals surface area (Å²) in [6.07, 6.45) is 1.18. The third-order valence-corrected chi connectivity index (χ3v) is 3.30. The van der Waals surface area contributed by atoms with Crippen LogP contribution in [0, 0.1) is 0 Å². The number of carbonyl (C=O) groups excluding carboxylic acids is 1. The summed E-state index contributed by atoms with van der Waals surface area (Å²) in [4.78, 5) is 16.3. The third kappa shape index (κ3) is 3.81. The number of para-hydroxylation sites is 1. The van der Waals surface area contributed by atoms with Crippen LogP contribution in [0.25, 0.3) is 0 Å². The molecule has 2 heterocycles. The fourth-order valence-electron chi connectivity index (χ4n) is 2.17. The molecule has 114 valence electrons. The Balaban J connectivity index is 1.58. The number of benzene rings is 1. The van der Waals surface area contributed by atoms with Crippen LogP contribution in [-0.4, -0.2) is 36.7 Å². The van der Waals surface area contributed by atoms with E-state index in [9.17, 15) is 4.79 Å². The van der Waals surface area contributed by atoms with Gasteiger partial charge in [0.15, 0.2) is 0 Å². The maximum atomic E-state index is 12.0. The highest BCUT2D eigenvalue weighted by molar-refractivity contribution is 5.94. The monoisotopic (exact) mass is 298 g/mol. The quantitative estimate of drug-likeness (QED) is 0.802. The number of nitrogens with zero attached hydrogens (tertiary/aromatic N) is 1. The van der Waals surface area contributed by atoms with Gasteiger partial charge in [0.05, 0.1) is 18.5 Å². The minimum atomic E-state index is -0.448. The highest BCUT2D eigenvalue weighted by atomic mass is 16.5. The molecule has 1 aliphatic rings. The summed E-state index contributed by atoms with van der Waals surface area (Å²) in [7, 11) is 0. The average Bonchev–Trinajstić information content (AvgIpc) is 2.58. The first-order chi connectivity index (χ1) is 10.8. The van der Waals surface area contributed by atoms with Gasteiger partial charge < -0.3 is 20.7 Å². The Hall–Kier alpha value is -2.44. The molecule has 2 aromatic rings. The summed E-state index contributed by atoms with van der Waals surface area (Å²) in [6.45, 7) is 1.87. The van der Waals surface area contributed by atoms with E-state index in [4.69, 9.17) is 4.74 Å². The Morgan fingerprint density at radius 2 is 2.05 bits per heavy atom. The standard InChI is InChI=1S/C16H18N4O2/c21-16(14-11-17-8-9-22-14)20-13-6-7-15(18-10-13)19-12-4-2-1-3-5-12/h1-7,10,14,17H,8-9,11H2,(H,18,19)(H,20,21). The molecule has 6 heteroatoms. The second kappa shape index (κ2) is 7.02. The molecule has 22 heavy (non-hydrogen) atoms. The van der Waals surface area contributed by atoms with Crippen molar-refractivity contribution in [3.8, 4) is 0 Å². The van der Waals surface area contributed by atoms with Crippen LogP contribution in [0.15, 0.2) is 48.7 Å². The molecule has 1 amide bonds. The van der Waals surface area contributed by atoms with Gasteiger partial charge in [-0.2, -0.15) is 0 Å². The van der Waals surface area contributed by atoms with Gasteiger partial charge in [-0.05, 0) is 24.3 Å². The van der Waals surface area contributed by atoms with Crippen LogP contribution in [0.3, 0.4) is 0 Å². The summed E-state index contributed by atoms with van der Waals surface area (Å²) >= 11 is 0. The van der Waals surface area contributed by atoms with Gasteiger partial charge in [-0.15, -0.1) is 0 Å². The van der Waals surface area contributed by atoms with E-state index >= 15 is 0 Å². The van der Waals surface area contributed by atoms with Crippen LogP contribution in [0.2, 0.25) is 0 Å². The lowest BCUT2D eigenvalue weighted by atomic mass is 10.2. The predicted octanol–water partition coefficient (Wildman–Crippen LogP) is 1.75. The van der Waals surface area contributed by atoms with Gasteiger partial charge in [-0.1, -0.05) is 18.2 Å². The van der Waals surface area contributed by atoms with Crippen LogP contribution in [0.4, 0.5) is 17.2 Å². The van der Waals surface area contributed by atoms with Crippen molar-refractivity contribution in [2.75, 3.05) is 30.3 Å². The van der Waals surface area contributed by atoms with Crippen molar-refractivity contribution in [2.45, 2.75) is 6.10 Å². The third-order valence-electron chi connectivity index (χ3n) is 3.30. The summed E-state index contributed by atoms with van der Waals surface area (Å²) < 4.78 is 5.41. The van der Waals surface area contributed by atoms with E-state index in [2.05, 4.69) is 20.9 Å². The van der Waals surface area contributed by atoms with E-state index in [1.54, 1.807) is 6.20 Å². The van der Waals surface area contributed by atoms with Gasteiger partial charge in [0.1, 0.15) is 11.9 Å². The zero-order valence-electron chi connectivity index (χ0n) is 12.1. The molecule has 3 N–H and O–H groups in total. The fraction of sp³-hybridized carbons (Fsp3) is 0.250. The zero-order valence-corrected chi connectivity index (χ0v) is 12.1. The van der Waals surface area contributed by atoms with E-state index in [1.807, 2.05) is 42.5 Å². The molecule has 1 atom stereocenters. The number of morpholine rings is 1. The van der Waals surface area contributed by atoms with Crippen LogP contribution < -0.4 is 16.0 Å². The Kier molecular flexibility index (Phi) is 4.62. The molecular weight excluding hydrogens is 280 g/mol. The van der Waals surface area contributed by atoms with Gasteiger partial charge in [-0.3, -0.25) is 4.79 Å². The molecule has 1 saturated heterocycles. The van der Waals surface area contributed by atoms with Crippen LogP contribution in [0.5, 0.6) is 0 Å². The second-order valence-electron chi connectivity index (χ2n) is 4.98. The molecule has 1 aromatic heterocycles. The summed E-state index contributed by atoms with van der Waals surface area (Å²) in [5.41, 5.74) is 1.62. The summed E-state index contributed by atoms with van der Waals surface area (Å²) in [6, 6.07) is 13.4. The van der Waals surface area contributed by atoms with E-state index in [-0.39, 0.29) is 5.91 Å². The number of hydrogen-bond acceptors (Lipinski definition) is 5. The maximum absolute atomic E-state index is 12.0. The first-order valence-electron chi connectivity index (χ1n) is 7.22. The molecular formula is C16H18N4O2. The molecule has 1 fully saturated rings. The van der Waals surface area contributed by atoms with Gasteiger partial charge in [0, 0.05) is 18.8 Å². The number of hydrogen-bond donors (Lipinski definition) is 3. The Morgan fingerprint density at radius 3 is 2.73 bits per heavy atom. The van der Waals surface area contributed by atoms with Crippen molar-refractivity contribution in [2.24, 2.45) is 0 Å². The Labute approximate surface area is 128 Å². The van der Waals surface area contributed by atoms with Gasteiger partial charge in [0.25, 0.3) is 5.91 Å². The number of rotatable bonds is 4. The highest BCUT2D eigenvalue weighted by Crippen LogP contribution is 2.16. The van der Waals surface area contributed by atoms with E-state index < -0.39 is 6.10 Å². The topological polar surface area (TPSA) is 75.3 Å². The van der Waals surface area contributed by atoms with Crippen molar-refractivity contribution < 1.29 is 9.53 Å². The SMILES string of the molecule is O=C(Nc1ccc(Nc2ccccc2)nc1)C1CNCCO1. The van der Waals surface area contributed by atoms with Crippen molar-refractivity contribution in [1.29, 1.82) is 0 Å². The summed E-state index contributed by atoms with van der Waals surface area (Å²) in [5, 5.41) is 9.12. The Bertz CT molecular complexity index is 610. The van der Waals surface area contributed by atoms with Crippen LogP contribution in [-0.2, 0) is 9.53 Å². The molecule has 3 rings (SSSR count). The molecule has 6 nitrogen and oxygen atoms in total. The Morgan fingerprint density at radius 1 is 1.18 bits per heavy atom. The number of carbonyl (C=O) groups is 1. The smallest absolute Gasteiger partial charge is 0.254 e. The minimum Gasteiger partial charge on any atom is -0.366 e. The number of aromatic nitrogens is 1. The number of pyridine rings is 1. The average molecular weight is 298 g/mol. The van der Waals surface area contributed by atoms with Gasteiger partial charge >= 0.3 is 0 Å². The molecule has 0 aliphatic carbocycles. The highest BCUT2D eigenvalue weighted by Gasteiger charge is 2.21. The number of ether oxygens (including phenoxy) is 1. The molecule has 0 bridgehead atoms. The largest absolute Gasteiger partial charge is 0.366 e. The number of anilines is 3. The lowest BCUT2D eigenvalue weighted by molar-refractivity contribution is -0.128. The fourth-order valence-corrected chi connectivity index (χ4v) is 2.17. The van der Waals surface area contributed by atoms with Crippen LogP contribution in [0.1, 0.15) is 0 Å². The first kappa shape index (κ1) is 14.5. The normalized spacial score (nSPS) is 17.7. The van der Waals surface area contributed by atoms with Crippen molar-refractivity contribution in [3.63, 3.8) is 0 Å². The molecule has 0 radical (unpaired) electrons. The lowest BCUT2D eigenvalue weighted by Crippen LogP contribution is -2.45. The maximum Gasteiger partial charge on any atom is 0.254 e. The van der Waals surface area contributed by atoms with E-state index in [1.165, 1.54) is 0 Å². The van der Waals surface area contributed by atoms with E-state index in [0.29, 0.717) is 18.8 Å². The molecule has 0 spiro atoms. The minimum absolute atomic E-state index is 0.155. The predicted molar refractivity (Wildman–Crippen MR) is 85.2 cm³/mol. The van der Waals surface area contributed by atoms with E-state index in [0.717, 1.165) is 18.1 Å². The van der Waals surface area contributed by atoms with Gasteiger partial charge in [0.2, 0.25) is 0 Å². The second-order valence-corrected chi connectivity index (χ2v) is 4.98. The molecule has 1 aromatic carbocycles. The van der Waals surface area contributed by atoms with Crippen molar-refractivity contribution in [1.82, 2.24) is 10.3 Å². The molecule has 1 unspecified atom stereocenters. The lowest BCUT2D eigenvalue weighted by Gasteiger charge is -2.22. The van der Waals surface area contributed by atoms with Gasteiger partial charge in [-0.25, -0.2) is 4.98 Å². The van der Waals surface area contributed by atoms with Crippen molar-refractivity contribution in [3.05, 3.63) is 48.7 Å². The molecule has 1 aliphatic heterocycles. The number of amides is 1. The van der Waals surface area contributed by atoms with Crippen LogP contribution >= 0.6 is 0 Å². The zero-order chi connectivity index (χ0) is 15.2. The summed E-state index contributed by atoms with van der Waals surface area (Å²) in [5.74, 6) is 0.567. The molecule has 0 saturated carbocycles. The number of nitrogens with one attached hydrogen (secondary N) is 3. The van der Waals surface area contributed by atoms with Crippen molar-refractivity contribution >= 4 is 23.1 Å².